The van der Waals surface area contributed by atoms with Gasteiger partial charge in [0.2, 0.25) is 0 Å². The zero-order chi connectivity index (χ0) is 15.4. The van der Waals surface area contributed by atoms with E-state index in [4.69, 9.17) is 4.42 Å². The maximum Gasteiger partial charge on any atom is 0.251 e. The van der Waals surface area contributed by atoms with Crippen molar-refractivity contribution in [3.05, 3.63) is 59.5 Å². The number of nitrogens with one attached hydrogen (secondary N) is 1. The lowest BCUT2D eigenvalue weighted by molar-refractivity contribution is 0.0933. The van der Waals surface area contributed by atoms with Gasteiger partial charge in [0.1, 0.15) is 11.5 Å². The summed E-state index contributed by atoms with van der Waals surface area (Å²) in [5, 5.41) is 3.04. The summed E-state index contributed by atoms with van der Waals surface area (Å²) < 4.78 is 5.80. The molecule has 3 rings (SSSR count). The molecule has 1 aliphatic heterocycles. The molecule has 1 aromatic carbocycles. The second-order valence-corrected chi connectivity index (χ2v) is 5.78. The third-order valence-corrected chi connectivity index (χ3v) is 4.16. The second kappa shape index (κ2) is 8.18. The summed E-state index contributed by atoms with van der Waals surface area (Å²) in [6.07, 6.45) is 2.42. The minimum atomic E-state index is -0.0342. The number of hydrogen-bond acceptors (Lipinski definition) is 3. The van der Waals surface area contributed by atoms with Crippen molar-refractivity contribution in [2.75, 3.05) is 19.6 Å². The maximum atomic E-state index is 12.2. The summed E-state index contributed by atoms with van der Waals surface area (Å²) in [6.45, 7) is 4.64. The van der Waals surface area contributed by atoms with E-state index < -0.39 is 0 Å². The van der Waals surface area contributed by atoms with Gasteiger partial charge in [-0.15, -0.1) is 12.4 Å². The van der Waals surface area contributed by atoms with Crippen LogP contribution < -0.4 is 5.32 Å². The number of nitrogens with zero attached hydrogens (tertiary/aromatic N) is 1. The second-order valence-electron chi connectivity index (χ2n) is 5.78. The van der Waals surface area contributed by atoms with Crippen molar-refractivity contribution in [1.82, 2.24) is 10.2 Å². The van der Waals surface area contributed by atoms with E-state index in [1.54, 1.807) is 0 Å². The Balaban J connectivity index is 0.00000192. The first-order chi connectivity index (χ1) is 10.7. The van der Waals surface area contributed by atoms with Crippen molar-refractivity contribution in [3.63, 3.8) is 0 Å². The van der Waals surface area contributed by atoms with Crippen molar-refractivity contribution >= 4 is 18.3 Å². The Morgan fingerprint density at radius 2 is 1.87 bits per heavy atom. The fourth-order valence-electron chi connectivity index (χ4n) is 2.98. The molecule has 1 amide bonds. The van der Waals surface area contributed by atoms with E-state index in [0.29, 0.717) is 12.1 Å². The molecule has 1 aromatic heterocycles. The largest absolute Gasteiger partial charge is 0.465 e. The smallest absolute Gasteiger partial charge is 0.251 e. The van der Waals surface area contributed by atoms with Crippen molar-refractivity contribution in [2.24, 2.45) is 0 Å². The van der Waals surface area contributed by atoms with Crippen LogP contribution in [0.4, 0.5) is 0 Å². The summed E-state index contributed by atoms with van der Waals surface area (Å²) in [7, 11) is 0. The summed E-state index contributed by atoms with van der Waals surface area (Å²) in [5.74, 6) is 1.81. The number of hydrogen-bond donors (Lipinski definition) is 1. The van der Waals surface area contributed by atoms with Crippen LogP contribution in [0.2, 0.25) is 0 Å². The molecule has 2 heterocycles. The Morgan fingerprint density at radius 1 is 1.17 bits per heavy atom. The minimum absolute atomic E-state index is 0. The predicted molar refractivity (Wildman–Crippen MR) is 93.0 cm³/mol. The molecule has 23 heavy (non-hydrogen) atoms. The number of rotatable bonds is 5. The van der Waals surface area contributed by atoms with Crippen molar-refractivity contribution in [3.8, 4) is 0 Å². The van der Waals surface area contributed by atoms with Crippen molar-refractivity contribution < 1.29 is 9.21 Å². The van der Waals surface area contributed by atoms with E-state index in [9.17, 15) is 4.79 Å². The zero-order valence-corrected chi connectivity index (χ0v) is 14.1. The SMILES string of the molecule is Cc1ccc(C(CNC(=O)c2ccccc2)N2CCCC2)o1.Cl. The average molecular weight is 335 g/mol. The van der Waals surface area contributed by atoms with Crippen LogP contribution in [0.15, 0.2) is 46.9 Å². The number of carbonyl (C=O) groups excluding carboxylic acids is 1. The molecule has 4 nitrogen and oxygen atoms in total. The number of furan rings is 1. The number of carbonyl (C=O) groups is 1. The fraction of sp³-hybridized carbons (Fsp3) is 0.389. The molecule has 1 N–H and O–H groups in total. The molecule has 1 unspecified atom stereocenters. The molecule has 0 saturated carbocycles. The third kappa shape index (κ3) is 4.36. The average Bonchev–Trinajstić information content (AvgIpc) is 3.21. The quantitative estimate of drug-likeness (QED) is 0.909. The molecule has 5 heteroatoms. The summed E-state index contributed by atoms with van der Waals surface area (Å²) in [4.78, 5) is 14.6. The predicted octanol–water partition coefficient (Wildman–Crippen LogP) is 3.58. The zero-order valence-electron chi connectivity index (χ0n) is 13.3. The van der Waals surface area contributed by atoms with Gasteiger partial charge in [0.15, 0.2) is 0 Å². The lowest BCUT2D eigenvalue weighted by atomic mass is 10.1. The van der Waals surface area contributed by atoms with Gasteiger partial charge in [-0.2, -0.15) is 0 Å². The molecule has 0 aliphatic carbocycles. The van der Waals surface area contributed by atoms with Gasteiger partial charge in [0, 0.05) is 12.1 Å². The molecule has 1 fully saturated rings. The number of halogens is 1. The number of benzene rings is 1. The topological polar surface area (TPSA) is 45.5 Å². The Hall–Kier alpha value is -1.78. The standard InChI is InChI=1S/C18H22N2O2.ClH/c1-14-9-10-17(22-14)16(20-11-5-6-12-20)13-19-18(21)15-7-3-2-4-8-15;/h2-4,7-10,16H,5-6,11-13H2,1H3,(H,19,21);1H. The highest BCUT2D eigenvalue weighted by Gasteiger charge is 2.26. The normalized spacial score (nSPS) is 15.9. The van der Waals surface area contributed by atoms with Gasteiger partial charge < -0.3 is 9.73 Å². The van der Waals surface area contributed by atoms with E-state index in [1.165, 1.54) is 12.8 Å². The van der Waals surface area contributed by atoms with E-state index in [-0.39, 0.29) is 24.4 Å². The van der Waals surface area contributed by atoms with Gasteiger partial charge in [-0.3, -0.25) is 9.69 Å². The first-order valence-corrected chi connectivity index (χ1v) is 7.87. The van der Waals surface area contributed by atoms with Crippen molar-refractivity contribution in [2.45, 2.75) is 25.8 Å². The molecular formula is C18H23ClN2O2. The molecule has 1 atom stereocenters. The molecule has 0 spiro atoms. The van der Waals surface area contributed by atoms with Crippen LogP contribution in [-0.2, 0) is 0 Å². The van der Waals surface area contributed by atoms with Crippen LogP contribution in [0.5, 0.6) is 0 Å². The van der Waals surface area contributed by atoms with Gasteiger partial charge in [0.05, 0.1) is 6.04 Å². The molecule has 1 aliphatic rings. The molecule has 0 bridgehead atoms. The molecular weight excluding hydrogens is 312 g/mol. The van der Waals surface area contributed by atoms with Gasteiger partial charge in [-0.25, -0.2) is 0 Å². The maximum absolute atomic E-state index is 12.2. The number of amides is 1. The fourth-order valence-corrected chi connectivity index (χ4v) is 2.98. The highest BCUT2D eigenvalue weighted by atomic mass is 35.5. The third-order valence-electron chi connectivity index (χ3n) is 4.16. The van der Waals surface area contributed by atoms with E-state index in [2.05, 4.69) is 10.2 Å². The monoisotopic (exact) mass is 334 g/mol. The van der Waals surface area contributed by atoms with Crippen molar-refractivity contribution in [1.29, 1.82) is 0 Å². The first-order valence-electron chi connectivity index (χ1n) is 7.87. The van der Waals surface area contributed by atoms with Crippen LogP contribution in [0.1, 0.15) is 40.8 Å². The van der Waals surface area contributed by atoms with Gasteiger partial charge in [0.25, 0.3) is 5.91 Å². The summed E-state index contributed by atoms with van der Waals surface area (Å²) in [6, 6.07) is 13.4. The highest BCUT2D eigenvalue weighted by Crippen LogP contribution is 2.26. The lowest BCUT2D eigenvalue weighted by Gasteiger charge is -2.26. The van der Waals surface area contributed by atoms with E-state index in [0.717, 1.165) is 24.6 Å². The number of likely N-dealkylation sites (tertiary alicyclic amines) is 1. The minimum Gasteiger partial charge on any atom is -0.465 e. The molecule has 124 valence electrons. The van der Waals surface area contributed by atoms with Crippen LogP contribution in [0.25, 0.3) is 0 Å². The van der Waals surface area contributed by atoms with Crippen LogP contribution in [0.3, 0.4) is 0 Å². The van der Waals surface area contributed by atoms with Crippen LogP contribution in [-0.4, -0.2) is 30.4 Å². The lowest BCUT2D eigenvalue weighted by Crippen LogP contribution is -2.36. The molecule has 2 aromatic rings. The van der Waals surface area contributed by atoms with Crippen LogP contribution >= 0.6 is 12.4 Å². The van der Waals surface area contributed by atoms with Gasteiger partial charge >= 0.3 is 0 Å². The summed E-state index contributed by atoms with van der Waals surface area (Å²) >= 11 is 0. The van der Waals surface area contributed by atoms with Crippen LogP contribution in [0, 0.1) is 6.92 Å². The highest BCUT2D eigenvalue weighted by molar-refractivity contribution is 5.94. The Kier molecular flexibility index (Phi) is 6.25. The summed E-state index contributed by atoms with van der Waals surface area (Å²) in [5.41, 5.74) is 0.693. The first kappa shape index (κ1) is 17.6. The molecule has 0 radical (unpaired) electrons. The van der Waals surface area contributed by atoms with Gasteiger partial charge in [-0.1, -0.05) is 18.2 Å². The Labute approximate surface area is 143 Å². The Bertz CT molecular complexity index is 621. The van der Waals surface area contributed by atoms with Gasteiger partial charge in [-0.05, 0) is 57.1 Å². The van der Waals surface area contributed by atoms with E-state index in [1.807, 2.05) is 49.4 Å². The van der Waals surface area contributed by atoms with E-state index >= 15 is 0 Å². The number of aryl methyl sites for hydroxylation is 1. The molecule has 1 saturated heterocycles. The Morgan fingerprint density at radius 3 is 2.48 bits per heavy atom.